The van der Waals surface area contributed by atoms with Crippen LogP contribution >= 0.6 is 11.8 Å². The van der Waals surface area contributed by atoms with E-state index in [1.54, 1.807) is 72.4 Å². The average molecular weight is 476 g/mol. The number of hydrogen-bond donors (Lipinski definition) is 1. The summed E-state index contributed by atoms with van der Waals surface area (Å²) in [6, 6.07) is 17.5. The first kappa shape index (κ1) is 23.5. The van der Waals surface area contributed by atoms with Crippen LogP contribution in [0.15, 0.2) is 81.3 Å². The van der Waals surface area contributed by atoms with Gasteiger partial charge in [-0.2, -0.15) is 0 Å². The molecular weight excluding hydrogens is 450 g/mol. The van der Waals surface area contributed by atoms with Gasteiger partial charge in [0.1, 0.15) is 5.76 Å². The first-order chi connectivity index (χ1) is 16.3. The predicted octanol–water partition coefficient (Wildman–Crippen LogP) is 5.00. The first-order valence-electron chi connectivity index (χ1n) is 11.0. The molecule has 0 aliphatic heterocycles. The van der Waals surface area contributed by atoms with Crippen molar-refractivity contribution < 1.29 is 14.0 Å². The smallest absolute Gasteiger partial charge is 0.262 e. The summed E-state index contributed by atoms with van der Waals surface area (Å²) in [4.78, 5) is 42.9. The maximum Gasteiger partial charge on any atom is 0.262 e. The van der Waals surface area contributed by atoms with E-state index in [0.29, 0.717) is 33.1 Å². The third-order valence-electron chi connectivity index (χ3n) is 5.33. The van der Waals surface area contributed by atoms with Gasteiger partial charge >= 0.3 is 0 Å². The minimum Gasteiger partial charge on any atom is -0.467 e. The van der Waals surface area contributed by atoms with Crippen molar-refractivity contribution in [1.82, 2.24) is 9.55 Å². The highest BCUT2D eigenvalue weighted by Gasteiger charge is 2.21. The van der Waals surface area contributed by atoms with Gasteiger partial charge < -0.3 is 9.73 Å². The molecule has 4 aromatic rings. The van der Waals surface area contributed by atoms with Gasteiger partial charge in [0.2, 0.25) is 5.91 Å². The van der Waals surface area contributed by atoms with Gasteiger partial charge in [0, 0.05) is 17.2 Å². The summed E-state index contributed by atoms with van der Waals surface area (Å²) in [5, 5.41) is 3.28. The highest BCUT2D eigenvalue weighted by molar-refractivity contribution is 8.00. The van der Waals surface area contributed by atoms with E-state index < -0.39 is 5.25 Å². The van der Waals surface area contributed by atoms with Gasteiger partial charge in [-0.25, -0.2) is 4.98 Å². The monoisotopic (exact) mass is 475 g/mol. The summed E-state index contributed by atoms with van der Waals surface area (Å²) >= 11 is 1.23. The molecule has 2 aromatic heterocycles. The summed E-state index contributed by atoms with van der Waals surface area (Å²) in [5.74, 6) is 0.309. The molecule has 7 nitrogen and oxygen atoms in total. The second-order valence-electron chi connectivity index (χ2n) is 8.23. The fourth-order valence-electron chi connectivity index (χ4n) is 3.39. The molecule has 34 heavy (non-hydrogen) atoms. The molecule has 174 valence electrons. The van der Waals surface area contributed by atoms with Crippen molar-refractivity contribution in [3.8, 4) is 0 Å². The van der Waals surface area contributed by atoms with Gasteiger partial charge in [-0.15, -0.1) is 0 Å². The Morgan fingerprint density at radius 1 is 1.03 bits per heavy atom. The molecule has 0 aliphatic carbocycles. The van der Waals surface area contributed by atoms with E-state index in [1.165, 1.54) is 11.8 Å². The largest absolute Gasteiger partial charge is 0.467 e. The molecule has 1 atom stereocenters. The van der Waals surface area contributed by atoms with Gasteiger partial charge in [0.05, 0.1) is 29.0 Å². The van der Waals surface area contributed by atoms with Crippen molar-refractivity contribution in [2.75, 3.05) is 5.32 Å². The van der Waals surface area contributed by atoms with E-state index in [9.17, 15) is 14.4 Å². The predicted molar refractivity (Wildman–Crippen MR) is 133 cm³/mol. The second kappa shape index (κ2) is 10.1. The number of nitrogens with one attached hydrogen (secondary N) is 1. The number of amides is 1. The minimum absolute atomic E-state index is 0.0834. The fourth-order valence-corrected chi connectivity index (χ4v) is 4.37. The van der Waals surface area contributed by atoms with E-state index in [-0.39, 0.29) is 29.7 Å². The van der Waals surface area contributed by atoms with Gasteiger partial charge in [0.25, 0.3) is 5.56 Å². The van der Waals surface area contributed by atoms with Gasteiger partial charge in [-0.1, -0.05) is 37.7 Å². The third kappa shape index (κ3) is 5.12. The molecule has 0 bridgehead atoms. The Labute approximate surface area is 201 Å². The molecule has 8 heteroatoms. The molecule has 4 rings (SSSR count). The van der Waals surface area contributed by atoms with Crippen molar-refractivity contribution in [2.45, 2.75) is 37.7 Å². The quantitative estimate of drug-likeness (QED) is 0.219. The Bertz CT molecular complexity index is 1380. The van der Waals surface area contributed by atoms with Crippen LogP contribution in [0.4, 0.5) is 5.69 Å². The highest BCUT2D eigenvalue weighted by Crippen LogP contribution is 2.26. The highest BCUT2D eigenvalue weighted by atomic mass is 32.2. The molecular formula is C26H25N3O4S. The number of ketones is 1. The number of para-hydroxylation sites is 1. The number of aromatic nitrogens is 2. The van der Waals surface area contributed by atoms with Crippen LogP contribution in [-0.4, -0.2) is 26.5 Å². The van der Waals surface area contributed by atoms with Crippen LogP contribution in [-0.2, 0) is 11.3 Å². The molecule has 0 saturated carbocycles. The Balaban J connectivity index is 1.59. The summed E-state index contributed by atoms with van der Waals surface area (Å²) < 4.78 is 6.98. The molecule has 2 heterocycles. The van der Waals surface area contributed by atoms with Crippen molar-refractivity contribution >= 4 is 40.0 Å². The van der Waals surface area contributed by atoms with E-state index in [4.69, 9.17) is 4.42 Å². The molecule has 1 unspecified atom stereocenters. The molecule has 1 amide bonds. The van der Waals surface area contributed by atoms with Crippen LogP contribution in [0.1, 0.15) is 36.9 Å². The number of fused-ring (bicyclic) bond motifs is 1. The number of rotatable bonds is 8. The number of nitrogens with zero attached hydrogens (tertiary/aromatic N) is 2. The molecule has 0 radical (unpaired) electrons. The van der Waals surface area contributed by atoms with Crippen LogP contribution in [0.25, 0.3) is 10.9 Å². The Kier molecular flexibility index (Phi) is 6.98. The zero-order chi connectivity index (χ0) is 24.2. The molecule has 2 aromatic carbocycles. The van der Waals surface area contributed by atoms with Crippen molar-refractivity contribution in [3.63, 3.8) is 0 Å². The second-order valence-corrected chi connectivity index (χ2v) is 9.54. The third-order valence-corrected chi connectivity index (χ3v) is 6.42. The lowest BCUT2D eigenvalue weighted by atomic mass is 10.1. The van der Waals surface area contributed by atoms with E-state index in [0.717, 1.165) is 0 Å². The summed E-state index contributed by atoms with van der Waals surface area (Å²) in [6.07, 6.45) is 1.56. The SMILES string of the molecule is CC(C)C(=O)Nc1ccc(C(=O)C(C)Sc2nc3ccccc3c(=O)n2Cc2ccco2)cc1. The number of furan rings is 1. The number of carbonyl (C=O) groups is 2. The summed E-state index contributed by atoms with van der Waals surface area (Å²) in [7, 11) is 0. The fraction of sp³-hybridized carbons (Fsp3) is 0.231. The van der Waals surface area contributed by atoms with Crippen LogP contribution in [0, 0.1) is 5.92 Å². The number of Topliss-reactive ketones (excluding diaryl/α,β-unsaturated/α-hetero) is 1. The van der Waals surface area contributed by atoms with E-state index >= 15 is 0 Å². The molecule has 0 fully saturated rings. The lowest BCUT2D eigenvalue weighted by Crippen LogP contribution is -2.25. The standard InChI is InChI=1S/C26H25N3O4S/c1-16(2)24(31)27-19-12-10-18(11-13-19)23(30)17(3)34-26-28-22-9-5-4-8-21(22)25(32)29(26)15-20-7-6-14-33-20/h4-14,16-17H,15H2,1-3H3,(H,27,31). The maximum absolute atomic E-state index is 13.2. The topological polar surface area (TPSA) is 94.2 Å². The zero-order valence-electron chi connectivity index (χ0n) is 19.1. The number of thioether (sulfide) groups is 1. The van der Waals surface area contributed by atoms with Crippen LogP contribution in [0.5, 0.6) is 0 Å². The van der Waals surface area contributed by atoms with Crippen LogP contribution in [0.2, 0.25) is 0 Å². The van der Waals surface area contributed by atoms with E-state index in [2.05, 4.69) is 10.3 Å². The molecule has 0 saturated heterocycles. The Hall–Kier alpha value is -3.65. The zero-order valence-corrected chi connectivity index (χ0v) is 20.0. The van der Waals surface area contributed by atoms with Gasteiger partial charge in [-0.3, -0.25) is 19.0 Å². The molecule has 0 spiro atoms. The van der Waals surface area contributed by atoms with Crippen LogP contribution < -0.4 is 10.9 Å². The summed E-state index contributed by atoms with van der Waals surface area (Å²) in [5.41, 5.74) is 1.55. The number of benzene rings is 2. The number of carbonyl (C=O) groups excluding carboxylic acids is 2. The maximum atomic E-state index is 13.2. The number of anilines is 1. The van der Waals surface area contributed by atoms with Crippen molar-refractivity contribution in [1.29, 1.82) is 0 Å². The van der Waals surface area contributed by atoms with E-state index in [1.807, 2.05) is 19.9 Å². The van der Waals surface area contributed by atoms with Gasteiger partial charge in [-0.05, 0) is 55.5 Å². The molecule has 0 aliphatic rings. The van der Waals surface area contributed by atoms with Crippen molar-refractivity contribution in [2.24, 2.45) is 5.92 Å². The van der Waals surface area contributed by atoms with Crippen molar-refractivity contribution in [3.05, 3.63) is 88.6 Å². The van der Waals surface area contributed by atoms with Gasteiger partial charge in [0.15, 0.2) is 10.9 Å². The lowest BCUT2D eigenvalue weighted by molar-refractivity contribution is -0.118. The lowest BCUT2D eigenvalue weighted by Gasteiger charge is -2.15. The Morgan fingerprint density at radius 3 is 2.44 bits per heavy atom. The normalized spacial score (nSPS) is 12.1. The average Bonchev–Trinajstić information content (AvgIpc) is 3.35. The summed E-state index contributed by atoms with van der Waals surface area (Å²) in [6.45, 7) is 5.65. The number of hydrogen-bond acceptors (Lipinski definition) is 6. The first-order valence-corrected chi connectivity index (χ1v) is 11.8. The molecule has 1 N–H and O–H groups in total. The van der Waals surface area contributed by atoms with Crippen LogP contribution in [0.3, 0.4) is 0 Å². The Morgan fingerprint density at radius 2 is 1.76 bits per heavy atom. The minimum atomic E-state index is -0.494.